The van der Waals surface area contributed by atoms with Gasteiger partial charge in [0.1, 0.15) is 6.10 Å². The monoisotopic (exact) mass is 253 g/mol. The van der Waals surface area contributed by atoms with Crippen LogP contribution in [0.4, 0.5) is 0 Å². The fraction of sp³-hybridized carbons (Fsp3) is 0.0833. The summed E-state index contributed by atoms with van der Waals surface area (Å²) in [7, 11) is 0. The van der Waals surface area contributed by atoms with Gasteiger partial charge in [0, 0.05) is 33.6 Å². The van der Waals surface area contributed by atoms with Gasteiger partial charge in [-0.2, -0.15) is 0 Å². The van der Waals surface area contributed by atoms with Gasteiger partial charge in [-0.3, -0.25) is 4.98 Å². The van der Waals surface area contributed by atoms with Gasteiger partial charge in [-0.1, -0.05) is 35.3 Å². The molecule has 0 saturated heterocycles. The summed E-state index contributed by atoms with van der Waals surface area (Å²) in [6.45, 7) is 0. The molecule has 1 heterocycles. The second-order valence-corrected chi connectivity index (χ2v) is 4.20. The Hall–Kier alpha value is -1.09. The van der Waals surface area contributed by atoms with Crippen molar-refractivity contribution in [1.82, 2.24) is 4.98 Å². The van der Waals surface area contributed by atoms with E-state index in [1.807, 2.05) is 0 Å². The SMILES string of the molecule is OC(c1cccnc1)c1ccc(Cl)cc1Cl. The molecule has 4 heteroatoms. The van der Waals surface area contributed by atoms with E-state index in [9.17, 15) is 5.11 Å². The molecule has 0 aliphatic rings. The van der Waals surface area contributed by atoms with Gasteiger partial charge in [-0.25, -0.2) is 0 Å². The Labute approximate surface area is 103 Å². The third-order valence-electron chi connectivity index (χ3n) is 2.26. The van der Waals surface area contributed by atoms with E-state index in [2.05, 4.69) is 4.98 Å². The van der Waals surface area contributed by atoms with Gasteiger partial charge in [0.2, 0.25) is 0 Å². The normalized spacial score (nSPS) is 12.4. The molecule has 0 radical (unpaired) electrons. The third kappa shape index (κ3) is 2.35. The summed E-state index contributed by atoms with van der Waals surface area (Å²) in [5.41, 5.74) is 1.32. The van der Waals surface area contributed by atoms with E-state index in [-0.39, 0.29) is 0 Å². The highest BCUT2D eigenvalue weighted by molar-refractivity contribution is 6.35. The fourth-order valence-corrected chi connectivity index (χ4v) is 1.95. The van der Waals surface area contributed by atoms with Crippen LogP contribution in [0, 0.1) is 0 Å². The quantitative estimate of drug-likeness (QED) is 0.890. The molecular weight excluding hydrogens is 245 g/mol. The van der Waals surface area contributed by atoms with Crippen LogP contribution < -0.4 is 0 Å². The third-order valence-corrected chi connectivity index (χ3v) is 2.82. The van der Waals surface area contributed by atoms with Crippen molar-refractivity contribution in [2.75, 3.05) is 0 Å². The predicted octanol–water partition coefficient (Wildman–Crippen LogP) is 3.47. The van der Waals surface area contributed by atoms with E-state index in [4.69, 9.17) is 23.2 Å². The van der Waals surface area contributed by atoms with Crippen LogP contribution in [0.1, 0.15) is 17.2 Å². The standard InChI is InChI=1S/C12H9Cl2NO/c13-9-3-4-10(11(14)6-9)12(16)8-2-1-5-15-7-8/h1-7,12,16H. The molecule has 1 N–H and O–H groups in total. The number of aliphatic hydroxyl groups is 1. The van der Waals surface area contributed by atoms with Gasteiger partial charge in [0.25, 0.3) is 0 Å². The van der Waals surface area contributed by atoms with Gasteiger partial charge in [0.05, 0.1) is 0 Å². The molecule has 2 rings (SSSR count). The molecule has 1 unspecified atom stereocenters. The highest BCUT2D eigenvalue weighted by Gasteiger charge is 2.13. The summed E-state index contributed by atoms with van der Waals surface area (Å²) >= 11 is 11.8. The molecule has 1 aromatic carbocycles. The van der Waals surface area contributed by atoms with Gasteiger partial charge < -0.3 is 5.11 Å². The maximum atomic E-state index is 10.1. The number of hydrogen-bond acceptors (Lipinski definition) is 2. The lowest BCUT2D eigenvalue weighted by Crippen LogP contribution is -2.00. The van der Waals surface area contributed by atoms with Crippen LogP contribution in [0.25, 0.3) is 0 Å². The minimum atomic E-state index is -0.779. The van der Waals surface area contributed by atoms with Crippen LogP contribution in [0.2, 0.25) is 10.0 Å². The van der Waals surface area contributed by atoms with E-state index in [0.29, 0.717) is 21.2 Å². The summed E-state index contributed by atoms with van der Waals surface area (Å²) in [5.74, 6) is 0. The zero-order valence-electron chi connectivity index (χ0n) is 8.27. The minimum absolute atomic E-state index is 0.448. The molecule has 0 saturated carbocycles. The number of halogens is 2. The highest BCUT2D eigenvalue weighted by Crippen LogP contribution is 2.29. The van der Waals surface area contributed by atoms with Crippen LogP contribution in [-0.4, -0.2) is 10.1 Å². The first kappa shape index (κ1) is 11.4. The molecule has 1 atom stereocenters. The molecule has 82 valence electrons. The summed E-state index contributed by atoms with van der Waals surface area (Å²) in [4.78, 5) is 3.95. The second kappa shape index (κ2) is 4.83. The van der Waals surface area contributed by atoms with Crippen molar-refractivity contribution < 1.29 is 5.11 Å². The molecule has 0 aliphatic heterocycles. The molecule has 16 heavy (non-hydrogen) atoms. The van der Waals surface area contributed by atoms with Crippen LogP contribution in [0.5, 0.6) is 0 Å². The van der Waals surface area contributed by atoms with Crippen molar-refractivity contribution in [3.8, 4) is 0 Å². The summed E-state index contributed by atoms with van der Waals surface area (Å²) in [5, 5.41) is 11.1. The van der Waals surface area contributed by atoms with Gasteiger partial charge in [0.15, 0.2) is 0 Å². The van der Waals surface area contributed by atoms with Crippen LogP contribution in [0.15, 0.2) is 42.7 Å². The summed E-state index contributed by atoms with van der Waals surface area (Å²) in [6, 6.07) is 8.58. The first-order valence-corrected chi connectivity index (χ1v) is 5.47. The number of aliphatic hydroxyl groups excluding tert-OH is 1. The Balaban J connectivity index is 2.38. The van der Waals surface area contributed by atoms with E-state index in [0.717, 1.165) is 0 Å². The Kier molecular flexibility index (Phi) is 3.44. The zero-order chi connectivity index (χ0) is 11.5. The lowest BCUT2D eigenvalue weighted by molar-refractivity contribution is 0.220. The number of pyridine rings is 1. The van der Waals surface area contributed by atoms with Gasteiger partial charge >= 0.3 is 0 Å². The maximum Gasteiger partial charge on any atom is 0.107 e. The van der Waals surface area contributed by atoms with Crippen molar-refractivity contribution in [2.24, 2.45) is 0 Å². The lowest BCUT2D eigenvalue weighted by atomic mass is 10.0. The Bertz CT molecular complexity index is 488. The first-order valence-electron chi connectivity index (χ1n) is 4.71. The van der Waals surface area contributed by atoms with Crippen molar-refractivity contribution in [2.45, 2.75) is 6.10 Å². The zero-order valence-corrected chi connectivity index (χ0v) is 9.78. The molecule has 0 spiro atoms. The molecule has 0 aliphatic carbocycles. The van der Waals surface area contributed by atoms with E-state index < -0.39 is 6.10 Å². The Morgan fingerprint density at radius 3 is 2.62 bits per heavy atom. The maximum absolute atomic E-state index is 10.1. The molecule has 2 aromatic rings. The number of nitrogens with zero attached hydrogens (tertiary/aromatic N) is 1. The van der Waals surface area contributed by atoms with E-state index in [1.54, 1.807) is 42.7 Å². The van der Waals surface area contributed by atoms with Gasteiger partial charge in [-0.15, -0.1) is 0 Å². The van der Waals surface area contributed by atoms with Crippen LogP contribution in [0.3, 0.4) is 0 Å². The van der Waals surface area contributed by atoms with Crippen molar-refractivity contribution in [1.29, 1.82) is 0 Å². The smallest absolute Gasteiger partial charge is 0.107 e. The highest BCUT2D eigenvalue weighted by atomic mass is 35.5. The van der Waals surface area contributed by atoms with Crippen molar-refractivity contribution in [3.05, 3.63) is 63.9 Å². The average molecular weight is 254 g/mol. The molecule has 0 amide bonds. The van der Waals surface area contributed by atoms with Crippen molar-refractivity contribution in [3.63, 3.8) is 0 Å². The number of benzene rings is 1. The molecule has 0 bridgehead atoms. The number of hydrogen-bond donors (Lipinski definition) is 1. The van der Waals surface area contributed by atoms with Crippen LogP contribution >= 0.6 is 23.2 Å². The topological polar surface area (TPSA) is 33.1 Å². The Morgan fingerprint density at radius 2 is 2.00 bits per heavy atom. The minimum Gasteiger partial charge on any atom is -0.384 e. The van der Waals surface area contributed by atoms with E-state index in [1.165, 1.54) is 0 Å². The average Bonchev–Trinajstić information content (AvgIpc) is 2.29. The summed E-state index contributed by atoms with van der Waals surface area (Å²) in [6.07, 6.45) is 2.48. The molecule has 2 nitrogen and oxygen atoms in total. The van der Waals surface area contributed by atoms with Crippen molar-refractivity contribution >= 4 is 23.2 Å². The van der Waals surface area contributed by atoms with Gasteiger partial charge in [-0.05, 0) is 18.2 Å². The van der Waals surface area contributed by atoms with Crippen LogP contribution in [-0.2, 0) is 0 Å². The molecule has 1 aromatic heterocycles. The van der Waals surface area contributed by atoms with E-state index >= 15 is 0 Å². The molecular formula is C12H9Cl2NO. The first-order chi connectivity index (χ1) is 7.68. The number of aromatic nitrogens is 1. The Morgan fingerprint density at radius 1 is 1.19 bits per heavy atom. The fourth-order valence-electron chi connectivity index (χ4n) is 1.44. The molecule has 0 fully saturated rings. The lowest BCUT2D eigenvalue weighted by Gasteiger charge is -2.12. The largest absolute Gasteiger partial charge is 0.384 e. The number of rotatable bonds is 2. The predicted molar refractivity (Wildman–Crippen MR) is 64.8 cm³/mol. The second-order valence-electron chi connectivity index (χ2n) is 3.35. The summed E-state index contributed by atoms with van der Waals surface area (Å²) < 4.78 is 0.